The third-order valence-electron chi connectivity index (χ3n) is 2.68. The van der Waals surface area contributed by atoms with Crippen molar-refractivity contribution in [2.24, 2.45) is 0 Å². The number of thiol groups is 1. The molecule has 1 aliphatic rings. The predicted molar refractivity (Wildman–Crippen MR) is 81.0 cm³/mol. The van der Waals surface area contributed by atoms with Gasteiger partial charge in [0, 0.05) is 19.3 Å². The molecule has 0 bridgehead atoms. The van der Waals surface area contributed by atoms with Crippen LogP contribution in [0, 0.1) is 5.82 Å². The van der Waals surface area contributed by atoms with Crippen molar-refractivity contribution in [1.82, 2.24) is 5.06 Å². The maximum atomic E-state index is 12.6. The summed E-state index contributed by atoms with van der Waals surface area (Å²) in [6.45, 7) is 5.50. The number of carbonyl (C=O) groups is 1. The first kappa shape index (κ1) is 17.0. The molecule has 20 heavy (non-hydrogen) atoms. The minimum atomic E-state index is -0.441. The molecule has 7 heteroatoms. The fourth-order valence-corrected chi connectivity index (χ4v) is 2.09. The van der Waals surface area contributed by atoms with Gasteiger partial charge in [0.1, 0.15) is 5.82 Å². The van der Waals surface area contributed by atoms with Crippen LogP contribution in [-0.4, -0.2) is 24.6 Å². The molecule has 0 atom stereocenters. The van der Waals surface area contributed by atoms with E-state index in [2.05, 4.69) is 23.8 Å². The zero-order valence-corrected chi connectivity index (χ0v) is 12.5. The molecule has 1 amide bonds. The van der Waals surface area contributed by atoms with Crippen molar-refractivity contribution in [3.05, 3.63) is 41.8 Å². The van der Waals surface area contributed by atoms with Crippen molar-refractivity contribution in [1.29, 1.82) is 0 Å². The van der Waals surface area contributed by atoms with Crippen LogP contribution in [0.25, 0.3) is 0 Å². The summed E-state index contributed by atoms with van der Waals surface area (Å²) >= 11 is 9.34. The third kappa shape index (κ3) is 5.13. The van der Waals surface area contributed by atoms with E-state index in [4.69, 9.17) is 11.6 Å². The molecule has 0 radical (unpaired) electrons. The van der Waals surface area contributed by atoms with Gasteiger partial charge in [-0.05, 0) is 44.0 Å². The van der Waals surface area contributed by atoms with Gasteiger partial charge in [0.15, 0.2) is 0 Å². The summed E-state index contributed by atoms with van der Waals surface area (Å²) in [5.41, 5.74) is 0.410. The second-order valence-corrected chi connectivity index (χ2v) is 4.58. The summed E-state index contributed by atoms with van der Waals surface area (Å²) in [6, 6.07) is 3.77. The Balaban J connectivity index is 0.000000240. The summed E-state index contributed by atoms with van der Waals surface area (Å²) in [4.78, 5) is 11.6. The first-order valence-electron chi connectivity index (χ1n) is 6.00. The number of hydrogen-bond acceptors (Lipinski definition) is 4. The Kier molecular flexibility index (Phi) is 7.61. The molecule has 4 nitrogen and oxygen atoms in total. The van der Waals surface area contributed by atoms with Crippen LogP contribution >= 0.6 is 24.5 Å². The maximum Gasteiger partial charge on any atom is 0.218 e. The standard InChI is InChI=1S/C9H7ClFNO.C4H9NOS/c1-2-12(6-13)9-4-3-7(11)5-8(9)10;7-6-5-3-1-2-4-5/h2-6H,1H2;7H,1-4H2. The van der Waals surface area contributed by atoms with Gasteiger partial charge in [-0.1, -0.05) is 18.2 Å². The SMILES string of the molecule is C=CN(C=O)c1ccc(F)cc1Cl.SON1CCCC1. The van der Waals surface area contributed by atoms with Crippen molar-refractivity contribution < 1.29 is 13.5 Å². The quantitative estimate of drug-likeness (QED) is 0.524. The molecular formula is C13H16ClFN2O2S. The number of benzene rings is 1. The van der Waals surface area contributed by atoms with E-state index in [1.54, 1.807) is 0 Å². The summed E-state index contributed by atoms with van der Waals surface area (Å²) in [7, 11) is 0. The van der Waals surface area contributed by atoms with Gasteiger partial charge in [0.25, 0.3) is 0 Å². The van der Waals surface area contributed by atoms with Crippen molar-refractivity contribution in [2.45, 2.75) is 12.8 Å². The minimum absolute atomic E-state index is 0.173. The van der Waals surface area contributed by atoms with Crippen molar-refractivity contribution in [3.63, 3.8) is 0 Å². The molecule has 2 rings (SSSR count). The molecule has 1 aromatic carbocycles. The predicted octanol–water partition coefficient (Wildman–Crippen LogP) is 3.44. The van der Waals surface area contributed by atoms with E-state index in [0.29, 0.717) is 12.1 Å². The highest BCUT2D eigenvalue weighted by Crippen LogP contribution is 2.25. The van der Waals surface area contributed by atoms with Crippen molar-refractivity contribution in [3.8, 4) is 0 Å². The van der Waals surface area contributed by atoms with Gasteiger partial charge in [-0.2, -0.15) is 5.06 Å². The van der Waals surface area contributed by atoms with Crippen LogP contribution in [0.15, 0.2) is 31.0 Å². The van der Waals surface area contributed by atoms with Gasteiger partial charge in [-0.15, -0.1) is 0 Å². The lowest BCUT2D eigenvalue weighted by molar-refractivity contribution is -0.106. The second kappa shape index (κ2) is 8.97. The van der Waals surface area contributed by atoms with E-state index in [-0.39, 0.29) is 5.02 Å². The number of halogens is 2. The number of carbonyl (C=O) groups excluding carboxylic acids is 1. The van der Waals surface area contributed by atoms with Gasteiger partial charge in [-0.3, -0.25) is 9.69 Å². The van der Waals surface area contributed by atoms with Crippen LogP contribution in [0.1, 0.15) is 12.8 Å². The Hall–Kier alpha value is -1.08. The average Bonchev–Trinajstić information content (AvgIpc) is 2.96. The Morgan fingerprint density at radius 1 is 1.45 bits per heavy atom. The topological polar surface area (TPSA) is 32.8 Å². The van der Waals surface area contributed by atoms with E-state index in [1.807, 2.05) is 5.06 Å². The Morgan fingerprint density at radius 3 is 2.50 bits per heavy atom. The average molecular weight is 319 g/mol. The van der Waals surface area contributed by atoms with Crippen molar-refractivity contribution in [2.75, 3.05) is 18.0 Å². The van der Waals surface area contributed by atoms with Crippen LogP contribution in [0.5, 0.6) is 0 Å². The smallest absolute Gasteiger partial charge is 0.218 e. The molecule has 0 saturated carbocycles. The molecule has 1 fully saturated rings. The summed E-state index contributed by atoms with van der Waals surface area (Å²) < 4.78 is 17.2. The Morgan fingerprint density at radius 2 is 2.10 bits per heavy atom. The van der Waals surface area contributed by atoms with E-state index in [0.717, 1.165) is 19.2 Å². The number of hydrogen-bond donors (Lipinski definition) is 1. The lowest BCUT2D eigenvalue weighted by Crippen LogP contribution is -2.13. The van der Waals surface area contributed by atoms with Crippen LogP contribution in [-0.2, 0) is 9.08 Å². The van der Waals surface area contributed by atoms with E-state index in [1.165, 1.54) is 36.1 Å². The zero-order valence-electron chi connectivity index (χ0n) is 10.8. The van der Waals surface area contributed by atoms with Gasteiger partial charge in [-0.25, -0.2) is 8.67 Å². The lowest BCUT2D eigenvalue weighted by Gasteiger charge is -2.12. The highest BCUT2D eigenvalue weighted by Gasteiger charge is 2.09. The normalized spacial score (nSPS) is 14.3. The zero-order chi connectivity index (χ0) is 15.0. The highest BCUT2D eigenvalue weighted by molar-refractivity contribution is 7.75. The molecule has 0 aromatic heterocycles. The van der Waals surface area contributed by atoms with Gasteiger partial charge < -0.3 is 0 Å². The molecule has 1 aromatic rings. The largest absolute Gasteiger partial charge is 0.290 e. The molecule has 110 valence electrons. The molecule has 0 aliphatic carbocycles. The van der Waals surface area contributed by atoms with Gasteiger partial charge in [0.05, 0.1) is 10.7 Å². The maximum absolute atomic E-state index is 12.6. The molecule has 0 N–H and O–H groups in total. The number of nitrogens with zero attached hydrogens (tertiary/aromatic N) is 2. The molecule has 1 saturated heterocycles. The number of anilines is 1. The van der Waals surface area contributed by atoms with Gasteiger partial charge >= 0.3 is 0 Å². The van der Waals surface area contributed by atoms with Crippen LogP contribution in [0.3, 0.4) is 0 Å². The third-order valence-corrected chi connectivity index (χ3v) is 3.21. The number of hydroxylamine groups is 2. The minimum Gasteiger partial charge on any atom is -0.290 e. The molecular weight excluding hydrogens is 303 g/mol. The Labute approximate surface area is 128 Å². The summed E-state index contributed by atoms with van der Waals surface area (Å²) in [5, 5.41) is 2.02. The van der Waals surface area contributed by atoms with Crippen LogP contribution in [0.2, 0.25) is 5.02 Å². The van der Waals surface area contributed by atoms with E-state index >= 15 is 0 Å². The first-order valence-corrected chi connectivity index (χ1v) is 6.74. The van der Waals surface area contributed by atoms with Crippen molar-refractivity contribution >= 4 is 36.6 Å². The highest BCUT2D eigenvalue weighted by atomic mass is 35.5. The van der Waals surface area contributed by atoms with E-state index in [9.17, 15) is 9.18 Å². The monoisotopic (exact) mass is 318 g/mol. The number of rotatable bonds is 4. The Bertz CT molecular complexity index is 448. The molecule has 1 aliphatic heterocycles. The van der Waals surface area contributed by atoms with E-state index < -0.39 is 5.82 Å². The molecule has 1 heterocycles. The van der Waals surface area contributed by atoms with Gasteiger partial charge in [0.2, 0.25) is 6.41 Å². The fourth-order valence-electron chi connectivity index (χ4n) is 1.66. The summed E-state index contributed by atoms with van der Waals surface area (Å²) in [6.07, 6.45) is 4.35. The summed E-state index contributed by atoms with van der Waals surface area (Å²) in [5.74, 6) is -0.441. The molecule has 0 unspecified atom stereocenters. The number of amides is 1. The first-order chi connectivity index (χ1) is 9.62. The second-order valence-electron chi connectivity index (χ2n) is 4.01. The lowest BCUT2D eigenvalue weighted by atomic mass is 10.3. The van der Waals surface area contributed by atoms with Crippen LogP contribution in [0.4, 0.5) is 10.1 Å². The van der Waals surface area contributed by atoms with Crippen LogP contribution < -0.4 is 4.90 Å². The molecule has 0 spiro atoms. The fraction of sp³-hybridized carbons (Fsp3) is 0.308.